The first-order valence-electron chi connectivity index (χ1n) is 6.67. The van der Waals surface area contributed by atoms with Crippen molar-refractivity contribution in [2.75, 3.05) is 19.5 Å². The van der Waals surface area contributed by atoms with Crippen LogP contribution < -0.4 is 14.8 Å². The molecule has 4 nitrogen and oxygen atoms in total. The molecule has 0 radical (unpaired) electrons. The van der Waals surface area contributed by atoms with Gasteiger partial charge in [0.1, 0.15) is 11.5 Å². The summed E-state index contributed by atoms with van der Waals surface area (Å²) >= 11 is 5.96. The lowest BCUT2D eigenvalue weighted by atomic mass is 10.0. The van der Waals surface area contributed by atoms with Crippen LogP contribution in [0.5, 0.6) is 11.5 Å². The summed E-state index contributed by atoms with van der Waals surface area (Å²) in [6.07, 6.45) is 1.79. The normalized spacial score (nSPS) is 14.7. The van der Waals surface area contributed by atoms with Gasteiger partial charge in [0, 0.05) is 21.7 Å². The third-order valence-electron chi connectivity index (χ3n) is 3.50. The molecule has 0 fully saturated rings. The van der Waals surface area contributed by atoms with Crippen LogP contribution in [0.25, 0.3) is 11.6 Å². The van der Waals surface area contributed by atoms with E-state index < -0.39 is 0 Å². The number of carbonyl (C=O) groups is 1. The van der Waals surface area contributed by atoms with Crippen LogP contribution in [0.15, 0.2) is 36.4 Å². The maximum absolute atomic E-state index is 12.2. The number of ether oxygens (including phenoxy) is 2. The molecular weight excluding hydrogens is 302 g/mol. The molecule has 3 rings (SSSR count). The Morgan fingerprint density at radius 2 is 1.91 bits per heavy atom. The van der Waals surface area contributed by atoms with Crippen molar-refractivity contribution in [3.05, 3.63) is 52.5 Å². The van der Waals surface area contributed by atoms with Gasteiger partial charge in [-0.15, -0.1) is 0 Å². The number of methoxy groups -OCH3 is 2. The van der Waals surface area contributed by atoms with Gasteiger partial charge in [0.05, 0.1) is 19.9 Å². The van der Waals surface area contributed by atoms with Crippen LogP contribution in [-0.4, -0.2) is 20.1 Å². The monoisotopic (exact) mass is 315 g/mol. The number of hydrogen-bond donors (Lipinski definition) is 1. The Balaban J connectivity index is 2.12. The van der Waals surface area contributed by atoms with E-state index in [0.717, 1.165) is 11.1 Å². The van der Waals surface area contributed by atoms with Crippen molar-refractivity contribution >= 4 is 34.8 Å². The summed E-state index contributed by atoms with van der Waals surface area (Å²) in [6, 6.07) is 10.8. The quantitative estimate of drug-likeness (QED) is 0.875. The smallest absolute Gasteiger partial charge is 0.256 e. The average Bonchev–Trinajstić information content (AvgIpc) is 2.82. The van der Waals surface area contributed by atoms with Gasteiger partial charge in [0.15, 0.2) is 0 Å². The number of anilines is 1. The van der Waals surface area contributed by atoms with Gasteiger partial charge in [-0.05, 0) is 36.4 Å². The second-order valence-corrected chi connectivity index (χ2v) is 5.25. The predicted molar refractivity (Wildman–Crippen MR) is 87.5 cm³/mol. The van der Waals surface area contributed by atoms with Crippen molar-refractivity contribution in [1.82, 2.24) is 0 Å². The minimum atomic E-state index is -0.165. The molecule has 1 N–H and O–H groups in total. The lowest BCUT2D eigenvalue weighted by molar-refractivity contribution is -0.110. The molecule has 22 heavy (non-hydrogen) atoms. The van der Waals surface area contributed by atoms with Crippen molar-refractivity contribution in [3.63, 3.8) is 0 Å². The molecule has 0 saturated heterocycles. The topological polar surface area (TPSA) is 47.6 Å². The molecule has 2 aromatic rings. The fraction of sp³-hybridized carbons (Fsp3) is 0.118. The molecule has 1 heterocycles. The van der Waals surface area contributed by atoms with Crippen molar-refractivity contribution in [2.45, 2.75) is 0 Å². The van der Waals surface area contributed by atoms with Gasteiger partial charge in [-0.3, -0.25) is 4.79 Å². The minimum Gasteiger partial charge on any atom is -0.497 e. The van der Waals surface area contributed by atoms with Crippen LogP contribution in [0.3, 0.4) is 0 Å². The zero-order valence-electron chi connectivity index (χ0n) is 12.1. The van der Waals surface area contributed by atoms with Crippen LogP contribution in [0.4, 0.5) is 5.69 Å². The largest absolute Gasteiger partial charge is 0.497 e. The molecule has 0 bridgehead atoms. The molecule has 0 aliphatic carbocycles. The van der Waals surface area contributed by atoms with E-state index >= 15 is 0 Å². The summed E-state index contributed by atoms with van der Waals surface area (Å²) in [5.41, 5.74) is 2.87. The van der Waals surface area contributed by atoms with Crippen LogP contribution >= 0.6 is 11.6 Å². The summed E-state index contributed by atoms with van der Waals surface area (Å²) in [6.45, 7) is 0. The van der Waals surface area contributed by atoms with Crippen LogP contribution in [0.1, 0.15) is 11.1 Å². The van der Waals surface area contributed by atoms with Gasteiger partial charge in [-0.25, -0.2) is 0 Å². The molecule has 5 heteroatoms. The predicted octanol–water partition coefficient (Wildman–Crippen LogP) is 3.85. The molecular formula is C17H14ClNO3. The third kappa shape index (κ3) is 2.53. The Morgan fingerprint density at radius 1 is 1.09 bits per heavy atom. The second-order valence-electron chi connectivity index (χ2n) is 4.81. The molecule has 0 unspecified atom stereocenters. The van der Waals surface area contributed by atoms with Crippen molar-refractivity contribution in [1.29, 1.82) is 0 Å². The Morgan fingerprint density at radius 3 is 2.64 bits per heavy atom. The Kier molecular flexibility index (Phi) is 3.77. The molecule has 0 spiro atoms. The van der Waals surface area contributed by atoms with E-state index in [0.29, 0.717) is 27.8 Å². The fourth-order valence-corrected chi connectivity index (χ4v) is 2.59. The van der Waals surface area contributed by atoms with Crippen LogP contribution in [0, 0.1) is 0 Å². The van der Waals surface area contributed by atoms with Gasteiger partial charge in [0.2, 0.25) is 0 Å². The minimum absolute atomic E-state index is 0.165. The van der Waals surface area contributed by atoms with Gasteiger partial charge in [0.25, 0.3) is 5.91 Å². The summed E-state index contributed by atoms with van der Waals surface area (Å²) in [7, 11) is 3.19. The fourth-order valence-electron chi connectivity index (χ4n) is 2.42. The van der Waals surface area contributed by atoms with Gasteiger partial charge in [-0.1, -0.05) is 17.7 Å². The zero-order chi connectivity index (χ0) is 15.7. The molecule has 112 valence electrons. The van der Waals surface area contributed by atoms with Crippen molar-refractivity contribution < 1.29 is 14.3 Å². The number of carbonyl (C=O) groups excluding carboxylic acids is 1. The van der Waals surface area contributed by atoms with Crippen molar-refractivity contribution in [3.8, 4) is 11.5 Å². The highest BCUT2D eigenvalue weighted by atomic mass is 35.5. The first-order valence-corrected chi connectivity index (χ1v) is 7.05. The van der Waals surface area contributed by atoms with Gasteiger partial charge in [-0.2, -0.15) is 0 Å². The van der Waals surface area contributed by atoms with Gasteiger partial charge >= 0.3 is 0 Å². The second kappa shape index (κ2) is 5.73. The molecule has 0 saturated carbocycles. The Labute approximate surface area is 133 Å². The number of fused-ring (bicyclic) bond motifs is 1. The average molecular weight is 316 g/mol. The Bertz CT molecular complexity index is 783. The van der Waals surface area contributed by atoms with E-state index in [9.17, 15) is 4.79 Å². The summed E-state index contributed by atoms with van der Waals surface area (Å²) in [5.74, 6) is 1.20. The lowest BCUT2D eigenvalue weighted by Gasteiger charge is -2.08. The van der Waals surface area contributed by atoms with E-state index in [1.807, 2.05) is 18.2 Å². The molecule has 1 amide bonds. The summed E-state index contributed by atoms with van der Waals surface area (Å²) in [4.78, 5) is 12.2. The molecule has 1 aliphatic heterocycles. The summed E-state index contributed by atoms with van der Waals surface area (Å²) < 4.78 is 10.6. The van der Waals surface area contributed by atoms with Gasteiger partial charge < -0.3 is 14.8 Å². The molecule has 2 aromatic carbocycles. The summed E-state index contributed by atoms with van der Waals surface area (Å²) in [5, 5.41) is 3.39. The number of amides is 1. The van der Waals surface area contributed by atoms with E-state index in [1.165, 1.54) is 0 Å². The van der Waals surface area contributed by atoms with Crippen molar-refractivity contribution in [2.24, 2.45) is 0 Å². The number of halogens is 1. The standard InChI is InChI=1S/C17H14ClNO3/c1-21-12-4-6-16(22-2)10(7-12)8-14-13-5-3-11(18)9-15(13)19-17(14)20/h3-9H,1-2H3,(H,19,20)/b14-8+. The third-order valence-corrected chi connectivity index (χ3v) is 3.74. The SMILES string of the molecule is COc1ccc(OC)c(/C=C2/C(=O)Nc3cc(Cl)ccc32)c1. The maximum Gasteiger partial charge on any atom is 0.256 e. The number of benzene rings is 2. The van der Waals surface area contributed by atoms with E-state index in [4.69, 9.17) is 21.1 Å². The van der Waals surface area contributed by atoms with E-state index in [-0.39, 0.29) is 5.91 Å². The number of hydrogen-bond acceptors (Lipinski definition) is 3. The van der Waals surface area contributed by atoms with E-state index in [1.54, 1.807) is 38.5 Å². The number of nitrogens with one attached hydrogen (secondary N) is 1. The zero-order valence-corrected chi connectivity index (χ0v) is 12.9. The highest BCUT2D eigenvalue weighted by Crippen LogP contribution is 2.36. The van der Waals surface area contributed by atoms with Crippen LogP contribution in [-0.2, 0) is 4.79 Å². The molecule has 1 aliphatic rings. The Hall–Kier alpha value is -2.46. The first kappa shape index (κ1) is 14.5. The van der Waals surface area contributed by atoms with E-state index in [2.05, 4.69) is 5.32 Å². The highest BCUT2D eigenvalue weighted by Gasteiger charge is 2.24. The lowest BCUT2D eigenvalue weighted by Crippen LogP contribution is -2.03. The first-order chi connectivity index (χ1) is 10.6. The molecule has 0 atom stereocenters. The van der Waals surface area contributed by atoms with Crippen LogP contribution in [0.2, 0.25) is 5.02 Å². The molecule has 0 aromatic heterocycles. The maximum atomic E-state index is 12.2. The highest BCUT2D eigenvalue weighted by molar-refractivity contribution is 6.36. The number of rotatable bonds is 3.